The molecule has 1 aromatic rings. The Labute approximate surface area is 111 Å². The van der Waals surface area contributed by atoms with Crippen molar-refractivity contribution in [3.63, 3.8) is 0 Å². The Bertz CT molecular complexity index is 433. The SMILES string of the molecule is CCc1ccc(C(C)C)c(C2(CN)CC2)c1OC. The highest BCUT2D eigenvalue weighted by atomic mass is 16.5. The van der Waals surface area contributed by atoms with Crippen LogP contribution < -0.4 is 10.5 Å². The van der Waals surface area contributed by atoms with E-state index in [1.807, 2.05) is 0 Å². The van der Waals surface area contributed by atoms with Gasteiger partial charge in [-0.25, -0.2) is 0 Å². The van der Waals surface area contributed by atoms with Gasteiger partial charge in [-0.15, -0.1) is 0 Å². The fourth-order valence-corrected chi connectivity index (χ4v) is 2.89. The zero-order chi connectivity index (χ0) is 13.3. The summed E-state index contributed by atoms with van der Waals surface area (Å²) in [6.07, 6.45) is 3.41. The molecule has 0 unspecified atom stereocenters. The van der Waals surface area contributed by atoms with Gasteiger partial charge in [0, 0.05) is 17.5 Å². The van der Waals surface area contributed by atoms with E-state index in [0.717, 1.165) is 18.7 Å². The van der Waals surface area contributed by atoms with Gasteiger partial charge in [0.15, 0.2) is 0 Å². The zero-order valence-corrected chi connectivity index (χ0v) is 12.0. The molecule has 0 heterocycles. The lowest BCUT2D eigenvalue weighted by atomic mass is 9.84. The average molecular weight is 247 g/mol. The molecule has 100 valence electrons. The summed E-state index contributed by atoms with van der Waals surface area (Å²) in [6.45, 7) is 7.40. The van der Waals surface area contributed by atoms with Crippen molar-refractivity contribution in [1.82, 2.24) is 0 Å². The van der Waals surface area contributed by atoms with Gasteiger partial charge in [-0.3, -0.25) is 0 Å². The molecule has 2 heteroatoms. The van der Waals surface area contributed by atoms with Gasteiger partial charge in [-0.1, -0.05) is 32.9 Å². The maximum atomic E-state index is 6.03. The van der Waals surface area contributed by atoms with Gasteiger partial charge in [-0.05, 0) is 36.3 Å². The summed E-state index contributed by atoms with van der Waals surface area (Å²) in [4.78, 5) is 0. The number of ether oxygens (including phenoxy) is 1. The van der Waals surface area contributed by atoms with Gasteiger partial charge in [0.1, 0.15) is 5.75 Å². The second kappa shape index (κ2) is 4.93. The predicted octanol–water partition coefficient (Wildman–Crippen LogP) is 3.37. The van der Waals surface area contributed by atoms with E-state index in [0.29, 0.717) is 5.92 Å². The molecular formula is C16H25NO. The number of rotatable bonds is 5. The number of nitrogens with two attached hydrogens (primary N) is 1. The van der Waals surface area contributed by atoms with E-state index in [9.17, 15) is 0 Å². The standard InChI is InChI=1S/C16H25NO/c1-5-12-6-7-13(11(2)3)14(15(12)18-4)16(10-17)8-9-16/h6-7,11H,5,8-10,17H2,1-4H3. The van der Waals surface area contributed by atoms with Gasteiger partial charge in [0.25, 0.3) is 0 Å². The third-order valence-corrected chi connectivity index (χ3v) is 4.25. The molecular weight excluding hydrogens is 222 g/mol. The number of aryl methyl sites for hydroxylation is 1. The molecule has 2 N–H and O–H groups in total. The maximum absolute atomic E-state index is 6.03. The Kier molecular flexibility index (Phi) is 3.67. The fraction of sp³-hybridized carbons (Fsp3) is 0.625. The molecule has 0 radical (unpaired) electrons. The van der Waals surface area contributed by atoms with E-state index in [1.165, 1.54) is 29.5 Å². The van der Waals surface area contributed by atoms with Gasteiger partial charge >= 0.3 is 0 Å². The summed E-state index contributed by atoms with van der Waals surface area (Å²) in [7, 11) is 1.79. The van der Waals surface area contributed by atoms with Gasteiger partial charge in [-0.2, -0.15) is 0 Å². The maximum Gasteiger partial charge on any atom is 0.126 e. The van der Waals surface area contributed by atoms with Crippen LogP contribution in [0.1, 0.15) is 56.2 Å². The van der Waals surface area contributed by atoms with E-state index in [1.54, 1.807) is 7.11 Å². The number of benzene rings is 1. The summed E-state index contributed by atoms with van der Waals surface area (Å²) in [5.41, 5.74) is 10.3. The second-order valence-electron chi connectivity index (χ2n) is 5.71. The van der Waals surface area contributed by atoms with Gasteiger partial charge in [0.05, 0.1) is 7.11 Å². The molecule has 0 spiro atoms. The summed E-state index contributed by atoms with van der Waals surface area (Å²) in [6, 6.07) is 4.49. The van der Waals surface area contributed by atoms with E-state index < -0.39 is 0 Å². The third-order valence-electron chi connectivity index (χ3n) is 4.25. The first-order valence-corrected chi connectivity index (χ1v) is 7.00. The predicted molar refractivity (Wildman–Crippen MR) is 76.4 cm³/mol. The van der Waals surface area contributed by atoms with Crippen molar-refractivity contribution in [2.75, 3.05) is 13.7 Å². The van der Waals surface area contributed by atoms with Gasteiger partial charge < -0.3 is 10.5 Å². The largest absolute Gasteiger partial charge is 0.496 e. The van der Waals surface area contributed by atoms with Crippen LogP contribution >= 0.6 is 0 Å². The molecule has 0 aromatic heterocycles. The average Bonchev–Trinajstić information content (AvgIpc) is 3.17. The lowest BCUT2D eigenvalue weighted by Crippen LogP contribution is -2.23. The third kappa shape index (κ3) is 2.03. The topological polar surface area (TPSA) is 35.2 Å². The monoisotopic (exact) mass is 247 g/mol. The van der Waals surface area contributed by atoms with Crippen LogP contribution in [0.2, 0.25) is 0 Å². The van der Waals surface area contributed by atoms with E-state index in [-0.39, 0.29) is 5.41 Å². The minimum absolute atomic E-state index is 0.191. The fourth-order valence-electron chi connectivity index (χ4n) is 2.89. The highest BCUT2D eigenvalue weighted by molar-refractivity contribution is 5.54. The van der Waals surface area contributed by atoms with Crippen LogP contribution in [0.3, 0.4) is 0 Å². The minimum atomic E-state index is 0.191. The zero-order valence-electron chi connectivity index (χ0n) is 12.0. The molecule has 1 fully saturated rings. The van der Waals surface area contributed by atoms with Crippen molar-refractivity contribution in [3.05, 3.63) is 28.8 Å². The molecule has 0 atom stereocenters. The highest BCUT2D eigenvalue weighted by Gasteiger charge is 2.46. The lowest BCUT2D eigenvalue weighted by molar-refractivity contribution is 0.398. The van der Waals surface area contributed by atoms with E-state index >= 15 is 0 Å². The number of methoxy groups -OCH3 is 1. The van der Waals surface area contributed by atoms with Crippen LogP contribution in [0, 0.1) is 0 Å². The van der Waals surface area contributed by atoms with Crippen molar-refractivity contribution >= 4 is 0 Å². The Morgan fingerprint density at radius 1 is 1.33 bits per heavy atom. The summed E-state index contributed by atoms with van der Waals surface area (Å²) < 4.78 is 5.73. The normalized spacial score (nSPS) is 17.0. The molecule has 0 saturated heterocycles. The van der Waals surface area contributed by atoms with Crippen LogP contribution in [-0.4, -0.2) is 13.7 Å². The van der Waals surface area contributed by atoms with Crippen LogP contribution in [0.25, 0.3) is 0 Å². The first-order valence-electron chi connectivity index (χ1n) is 7.00. The molecule has 2 nitrogen and oxygen atoms in total. The molecule has 18 heavy (non-hydrogen) atoms. The van der Waals surface area contributed by atoms with Crippen molar-refractivity contribution < 1.29 is 4.74 Å². The van der Waals surface area contributed by atoms with Crippen LogP contribution in [0.5, 0.6) is 5.75 Å². The molecule has 2 rings (SSSR count). The van der Waals surface area contributed by atoms with Crippen molar-refractivity contribution in [1.29, 1.82) is 0 Å². The molecule has 1 aliphatic carbocycles. The van der Waals surface area contributed by atoms with E-state index in [4.69, 9.17) is 10.5 Å². The molecule has 1 aromatic carbocycles. The highest BCUT2D eigenvalue weighted by Crippen LogP contribution is 2.53. The Hall–Kier alpha value is -1.02. The Morgan fingerprint density at radius 3 is 2.39 bits per heavy atom. The second-order valence-corrected chi connectivity index (χ2v) is 5.71. The smallest absolute Gasteiger partial charge is 0.126 e. The molecule has 0 amide bonds. The van der Waals surface area contributed by atoms with Gasteiger partial charge in [0.2, 0.25) is 0 Å². The van der Waals surface area contributed by atoms with Crippen molar-refractivity contribution in [2.45, 2.75) is 51.4 Å². The summed E-state index contributed by atoms with van der Waals surface area (Å²) in [5.74, 6) is 1.61. The molecule has 1 aliphatic rings. The molecule has 1 saturated carbocycles. The minimum Gasteiger partial charge on any atom is -0.496 e. The van der Waals surface area contributed by atoms with Crippen LogP contribution in [0.15, 0.2) is 12.1 Å². The summed E-state index contributed by atoms with van der Waals surface area (Å²) in [5, 5.41) is 0. The van der Waals surface area contributed by atoms with Crippen molar-refractivity contribution in [3.8, 4) is 5.75 Å². The first-order chi connectivity index (χ1) is 8.59. The molecule has 0 aliphatic heterocycles. The van der Waals surface area contributed by atoms with Crippen molar-refractivity contribution in [2.24, 2.45) is 5.73 Å². The molecule has 0 bridgehead atoms. The van der Waals surface area contributed by atoms with Crippen LogP contribution in [-0.2, 0) is 11.8 Å². The van der Waals surface area contributed by atoms with Crippen LogP contribution in [0.4, 0.5) is 0 Å². The van der Waals surface area contributed by atoms with E-state index in [2.05, 4.69) is 32.9 Å². The Morgan fingerprint density at radius 2 is 2.00 bits per heavy atom. The number of hydrogen-bond acceptors (Lipinski definition) is 2. The Balaban J connectivity index is 2.64. The quantitative estimate of drug-likeness (QED) is 0.865. The summed E-state index contributed by atoms with van der Waals surface area (Å²) >= 11 is 0. The lowest BCUT2D eigenvalue weighted by Gasteiger charge is -2.25. The first kappa shape index (κ1) is 13.4. The number of hydrogen-bond donors (Lipinski definition) is 1.